The van der Waals surface area contributed by atoms with E-state index in [9.17, 15) is 4.79 Å². The second-order valence-corrected chi connectivity index (χ2v) is 5.54. The minimum absolute atomic E-state index is 0.178. The Morgan fingerprint density at radius 2 is 1.38 bits per heavy atom. The summed E-state index contributed by atoms with van der Waals surface area (Å²) in [5.74, 6) is 0. The lowest BCUT2D eigenvalue weighted by atomic mass is 9.94. The van der Waals surface area contributed by atoms with Crippen LogP contribution in [-0.2, 0) is 0 Å². The zero-order chi connectivity index (χ0) is 16.5. The molecule has 0 amide bonds. The molecule has 24 heavy (non-hydrogen) atoms. The summed E-state index contributed by atoms with van der Waals surface area (Å²) in [6, 6.07) is 24.6. The maximum Gasteiger partial charge on any atom is 0.279 e. The zero-order valence-corrected chi connectivity index (χ0v) is 12.9. The van der Waals surface area contributed by atoms with Crippen LogP contribution in [-0.4, -0.2) is 17.6 Å². The molecule has 0 aliphatic rings. The highest BCUT2D eigenvalue weighted by atomic mass is 16.1. The van der Waals surface area contributed by atoms with Gasteiger partial charge in [0, 0.05) is 10.9 Å². The molecule has 4 heteroatoms. The lowest BCUT2D eigenvalue weighted by Gasteiger charge is -2.13. The van der Waals surface area contributed by atoms with Crippen LogP contribution in [0.4, 0.5) is 0 Å². The Kier molecular flexibility index (Phi) is 3.50. The van der Waals surface area contributed by atoms with Crippen LogP contribution in [0.1, 0.15) is 0 Å². The van der Waals surface area contributed by atoms with Crippen molar-refractivity contribution >= 4 is 24.1 Å². The Morgan fingerprint density at radius 3 is 2.12 bits per heavy atom. The fourth-order valence-corrected chi connectivity index (χ4v) is 2.84. The third-order valence-corrected chi connectivity index (χ3v) is 4.02. The van der Waals surface area contributed by atoms with Crippen molar-refractivity contribution in [3.63, 3.8) is 0 Å². The van der Waals surface area contributed by atoms with Crippen LogP contribution in [0.5, 0.6) is 0 Å². The van der Waals surface area contributed by atoms with Crippen molar-refractivity contribution in [1.82, 2.24) is 9.78 Å². The van der Waals surface area contributed by atoms with Crippen LogP contribution >= 0.6 is 0 Å². The van der Waals surface area contributed by atoms with E-state index in [-0.39, 0.29) is 5.56 Å². The summed E-state index contributed by atoms with van der Waals surface area (Å²) in [5, 5.41) is 6.08. The first-order chi connectivity index (χ1) is 11.8. The third-order valence-electron chi connectivity index (χ3n) is 4.02. The lowest BCUT2D eigenvalue weighted by molar-refractivity contribution is 0.830. The number of rotatable bonds is 2. The Hall–Kier alpha value is -3.14. The second-order valence-electron chi connectivity index (χ2n) is 5.54. The molecule has 0 spiro atoms. The van der Waals surface area contributed by atoms with Gasteiger partial charge in [-0.05, 0) is 12.1 Å². The van der Waals surface area contributed by atoms with E-state index in [1.165, 1.54) is 4.68 Å². The van der Waals surface area contributed by atoms with Crippen LogP contribution in [0.3, 0.4) is 0 Å². The fraction of sp³-hybridized carbons (Fsp3) is 0. The van der Waals surface area contributed by atoms with E-state index < -0.39 is 0 Å². The second kappa shape index (κ2) is 5.82. The lowest BCUT2D eigenvalue weighted by Crippen LogP contribution is -2.27. The zero-order valence-electron chi connectivity index (χ0n) is 12.9. The van der Waals surface area contributed by atoms with Crippen molar-refractivity contribution in [2.75, 3.05) is 0 Å². The number of hydrogen-bond acceptors (Lipinski definition) is 2. The number of benzene rings is 3. The molecule has 1 aromatic heterocycles. The monoisotopic (exact) mass is 308 g/mol. The topological polar surface area (TPSA) is 34.9 Å². The third kappa shape index (κ3) is 2.33. The van der Waals surface area contributed by atoms with Gasteiger partial charge in [-0.2, -0.15) is 9.78 Å². The van der Waals surface area contributed by atoms with Gasteiger partial charge < -0.3 is 0 Å². The fourth-order valence-electron chi connectivity index (χ4n) is 2.84. The molecule has 0 saturated heterocycles. The van der Waals surface area contributed by atoms with Gasteiger partial charge in [0.25, 0.3) is 5.56 Å². The van der Waals surface area contributed by atoms with E-state index >= 15 is 0 Å². The molecule has 0 aliphatic heterocycles. The average molecular weight is 308 g/mol. The predicted molar refractivity (Wildman–Crippen MR) is 98.2 cm³/mol. The van der Waals surface area contributed by atoms with Gasteiger partial charge in [-0.1, -0.05) is 72.2 Å². The smallest absolute Gasteiger partial charge is 0.267 e. The SMILES string of the molecule is [B]c1ccccc1-n1nc(-c2ccccc2)c2ccccc2c1=O. The number of hydrogen-bond donors (Lipinski definition) is 0. The van der Waals surface area contributed by atoms with E-state index in [4.69, 9.17) is 7.85 Å². The summed E-state index contributed by atoms with van der Waals surface area (Å²) < 4.78 is 1.39. The summed E-state index contributed by atoms with van der Waals surface area (Å²) >= 11 is 0. The Morgan fingerprint density at radius 1 is 0.750 bits per heavy atom. The van der Waals surface area contributed by atoms with Crippen molar-refractivity contribution < 1.29 is 0 Å². The highest BCUT2D eigenvalue weighted by Crippen LogP contribution is 2.24. The molecular weight excluding hydrogens is 295 g/mol. The van der Waals surface area contributed by atoms with Gasteiger partial charge in [-0.3, -0.25) is 4.79 Å². The van der Waals surface area contributed by atoms with Crippen LogP contribution in [0.15, 0.2) is 83.7 Å². The van der Waals surface area contributed by atoms with E-state index in [1.807, 2.05) is 66.7 Å². The molecule has 0 unspecified atom stereocenters. The standard InChI is InChI=1S/C20H13BN2O/c21-17-12-6-7-13-18(17)23-20(24)16-11-5-4-10-15(16)19(22-23)14-8-2-1-3-9-14/h1-13H. The summed E-state index contributed by atoms with van der Waals surface area (Å²) in [4.78, 5) is 12.9. The van der Waals surface area contributed by atoms with Crippen molar-refractivity contribution in [2.24, 2.45) is 0 Å². The van der Waals surface area contributed by atoms with Crippen molar-refractivity contribution in [3.05, 3.63) is 89.2 Å². The normalized spacial score (nSPS) is 10.8. The van der Waals surface area contributed by atoms with Crippen LogP contribution in [0.25, 0.3) is 27.7 Å². The molecule has 2 radical (unpaired) electrons. The van der Waals surface area contributed by atoms with E-state index in [0.29, 0.717) is 16.5 Å². The van der Waals surface area contributed by atoms with Crippen molar-refractivity contribution in [2.45, 2.75) is 0 Å². The van der Waals surface area contributed by atoms with Crippen LogP contribution < -0.4 is 11.0 Å². The summed E-state index contributed by atoms with van der Waals surface area (Å²) in [6.45, 7) is 0. The number of nitrogens with zero attached hydrogens (tertiary/aromatic N) is 2. The van der Waals surface area contributed by atoms with Gasteiger partial charge in [0.2, 0.25) is 0 Å². The molecule has 0 fully saturated rings. The first kappa shape index (κ1) is 14.5. The number of fused-ring (bicyclic) bond motifs is 1. The van der Waals surface area contributed by atoms with E-state index in [0.717, 1.165) is 16.6 Å². The minimum atomic E-state index is -0.178. The molecule has 3 nitrogen and oxygen atoms in total. The van der Waals surface area contributed by atoms with Crippen LogP contribution in [0, 0.1) is 0 Å². The maximum absolute atomic E-state index is 12.9. The summed E-state index contributed by atoms with van der Waals surface area (Å²) in [6.07, 6.45) is 0. The van der Waals surface area contributed by atoms with Gasteiger partial charge in [-0.25, -0.2) is 0 Å². The highest BCUT2D eigenvalue weighted by molar-refractivity contribution is 6.34. The molecule has 112 valence electrons. The average Bonchev–Trinajstić information content (AvgIpc) is 2.64. The van der Waals surface area contributed by atoms with Crippen LogP contribution in [0.2, 0.25) is 0 Å². The molecule has 0 aliphatic carbocycles. The Balaban J connectivity index is 2.12. The van der Waals surface area contributed by atoms with Crippen molar-refractivity contribution in [1.29, 1.82) is 0 Å². The molecule has 0 atom stereocenters. The molecular formula is C20H13BN2O. The number of para-hydroxylation sites is 1. The molecule has 3 aromatic carbocycles. The van der Waals surface area contributed by atoms with Gasteiger partial charge in [-0.15, -0.1) is 0 Å². The molecule has 0 bridgehead atoms. The van der Waals surface area contributed by atoms with Gasteiger partial charge in [0.05, 0.1) is 16.8 Å². The molecule has 0 N–H and O–H groups in total. The maximum atomic E-state index is 12.9. The van der Waals surface area contributed by atoms with Crippen molar-refractivity contribution in [3.8, 4) is 16.9 Å². The van der Waals surface area contributed by atoms with Gasteiger partial charge in [0.1, 0.15) is 7.85 Å². The predicted octanol–water partition coefficient (Wildman–Crippen LogP) is 2.85. The first-order valence-electron chi connectivity index (χ1n) is 7.68. The molecule has 4 rings (SSSR count). The van der Waals surface area contributed by atoms with E-state index in [2.05, 4.69) is 5.10 Å². The number of aromatic nitrogens is 2. The Labute approximate surface area is 140 Å². The molecule has 4 aromatic rings. The quantitative estimate of drug-likeness (QED) is 0.534. The summed E-state index contributed by atoms with van der Waals surface area (Å²) in [7, 11) is 6.05. The largest absolute Gasteiger partial charge is 0.279 e. The van der Waals surface area contributed by atoms with E-state index in [1.54, 1.807) is 12.1 Å². The summed E-state index contributed by atoms with van der Waals surface area (Å²) in [5.41, 5.74) is 2.64. The minimum Gasteiger partial charge on any atom is -0.267 e. The van der Waals surface area contributed by atoms with Gasteiger partial charge >= 0.3 is 0 Å². The Bertz CT molecular complexity index is 1090. The van der Waals surface area contributed by atoms with Gasteiger partial charge in [0.15, 0.2) is 0 Å². The first-order valence-corrected chi connectivity index (χ1v) is 7.68. The molecule has 0 saturated carbocycles. The molecule has 1 heterocycles. The highest BCUT2D eigenvalue weighted by Gasteiger charge is 2.13.